The van der Waals surface area contributed by atoms with Gasteiger partial charge in [0.2, 0.25) is 5.91 Å². The van der Waals surface area contributed by atoms with E-state index >= 15 is 0 Å². The highest BCUT2D eigenvalue weighted by molar-refractivity contribution is 7.99. The quantitative estimate of drug-likeness (QED) is 0.224. The van der Waals surface area contributed by atoms with E-state index in [9.17, 15) is 4.79 Å². The summed E-state index contributed by atoms with van der Waals surface area (Å²) in [6.45, 7) is 4.38. The molecule has 2 aromatic carbocycles. The minimum Gasteiger partial charge on any atom is -0.495 e. The van der Waals surface area contributed by atoms with E-state index in [4.69, 9.17) is 9.15 Å². The lowest BCUT2D eigenvalue weighted by Crippen LogP contribution is -2.15. The summed E-state index contributed by atoms with van der Waals surface area (Å²) in [7, 11) is 1.58. The largest absolute Gasteiger partial charge is 0.495 e. The molecule has 7 nitrogen and oxygen atoms in total. The third-order valence-corrected chi connectivity index (χ3v) is 6.91. The molecule has 1 amide bonds. The van der Waals surface area contributed by atoms with Crippen LogP contribution in [0.5, 0.6) is 5.75 Å². The number of ether oxygens (including phenoxy) is 1. The average Bonchev–Trinajstić information content (AvgIpc) is 3.56. The molecule has 0 saturated carbocycles. The number of thioether (sulfide) groups is 1. The van der Waals surface area contributed by atoms with Crippen molar-refractivity contribution < 1.29 is 13.9 Å². The second-order valence-corrected chi connectivity index (χ2v) is 9.06. The monoisotopic (exact) mass is 476 g/mol. The molecule has 0 spiro atoms. The lowest BCUT2D eigenvalue weighted by molar-refractivity contribution is -0.113. The Balaban J connectivity index is 1.35. The molecule has 0 fully saturated rings. The predicted molar refractivity (Wildman–Crippen MR) is 133 cm³/mol. The molecule has 5 aromatic rings. The van der Waals surface area contributed by atoms with Crippen molar-refractivity contribution >= 4 is 56.6 Å². The second kappa shape index (κ2) is 9.13. The van der Waals surface area contributed by atoms with Crippen molar-refractivity contribution in [3.8, 4) is 16.5 Å². The van der Waals surface area contributed by atoms with Crippen molar-refractivity contribution in [3.63, 3.8) is 0 Å². The fourth-order valence-corrected chi connectivity index (χ4v) is 5.08. The molecule has 33 heavy (non-hydrogen) atoms. The molecule has 0 radical (unpaired) electrons. The fraction of sp³-hybridized carbons (Fsp3) is 0.125. The first kappa shape index (κ1) is 21.3. The number of amides is 1. The molecule has 0 saturated heterocycles. The third-order valence-electron chi connectivity index (χ3n) is 5.08. The van der Waals surface area contributed by atoms with Crippen molar-refractivity contribution in [1.82, 2.24) is 14.8 Å². The average molecular weight is 477 g/mol. The van der Waals surface area contributed by atoms with Crippen LogP contribution in [0.4, 0.5) is 5.69 Å². The highest BCUT2D eigenvalue weighted by Gasteiger charge is 2.17. The van der Waals surface area contributed by atoms with Gasteiger partial charge in [0.25, 0.3) is 0 Å². The molecule has 0 aliphatic heterocycles. The molecule has 0 bridgehead atoms. The van der Waals surface area contributed by atoms with E-state index in [1.165, 1.54) is 11.8 Å². The van der Waals surface area contributed by atoms with Gasteiger partial charge in [0.05, 0.1) is 23.4 Å². The summed E-state index contributed by atoms with van der Waals surface area (Å²) in [5.74, 6) is 1.33. The van der Waals surface area contributed by atoms with Gasteiger partial charge < -0.3 is 14.5 Å². The highest BCUT2D eigenvalue weighted by Crippen LogP contribution is 2.36. The number of anilines is 1. The van der Waals surface area contributed by atoms with Crippen LogP contribution in [-0.2, 0) is 11.3 Å². The topological polar surface area (TPSA) is 82.2 Å². The maximum Gasteiger partial charge on any atom is 0.234 e. The number of hydrogen-bond donors (Lipinski definition) is 1. The number of carbonyl (C=O) groups excluding carboxylic acids is 1. The molecule has 1 N–H and O–H groups in total. The fourth-order valence-electron chi connectivity index (χ4n) is 3.61. The van der Waals surface area contributed by atoms with E-state index in [-0.39, 0.29) is 11.7 Å². The number of allylic oxidation sites excluding steroid dienone is 1. The van der Waals surface area contributed by atoms with Crippen molar-refractivity contribution in [1.29, 1.82) is 0 Å². The minimum absolute atomic E-state index is 0.168. The first-order valence-corrected chi connectivity index (χ1v) is 12.0. The molecular weight excluding hydrogens is 456 g/mol. The van der Waals surface area contributed by atoms with Gasteiger partial charge in [-0.1, -0.05) is 42.1 Å². The van der Waals surface area contributed by atoms with Crippen LogP contribution >= 0.6 is 23.1 Å². The molecule has 3 heterocycles. The molecule has 0 aliphatic carbocycles. The Bertz CT molecular complexity index is 1450. The summed E-state index contributed by atoms with van der Waals surface area (Å²) in [6, 6.07) is 15.5. The number of aromatic nitrogens is 3. The van der Waals surface area contributed by atoms with E-state index in [0.29, 0.717) is 28.7 Å². The van der Waals surface area contributed by atoms with Crippen LogP contribution < -0.4 is 10.1 Å². The number of rotatable bonds is 8. The molecule has 0 aliphatic rings. The van der Waals surface area contributed by atoms with Gasteiger partial charge in [-0.15, -0.1) is 28.1 Å². The third kappa shape index (κ3) is 4.12. The summed E-state index contributed by atoms with van der Waals surface area (Å²) < 4.78 is 13.4. The Hall–Kier alpha value is -3.56. The zero-order valence-electron chi connectivity index (χ0n) is 17.8. The number of methoxy groups -OCH3 is 1. The highest BCUT2D eigenvalue weighted by atomic mass is 32.2. The number of furan rings is 1. The Morgan fingerprint density at radius 3 is 2.88 bits per heavy atom. The smallest absolute Gasteiger partial charge is 0.234 e. The molecule has 3 aromatic heterocycles. The standard InChI is InChI=1S/C24H20N4O3S2/c1-3-10-28-23(21-9-6-11-32-21)26-27-24(28)33-14-22(29)25-17-13-19-16(12-20(17)30-2)15-7-4-5-8-18(15)31-19/h3-9,11-13H,1,10,14H2,2H3,(H,25,29). The number of hydrogen-bond acceptors (Lipinski definition) is 7. The number of benzene rings is 2. The summed E-state index contributed by atoms with van der Waals surface area (Å²) in [5, 5.41) is 16.1. The first-order valence-electron chi connectivity index (χ1n) is 10.2. The van der Waals surface area contributed by atoms with Crippen molar-refractivity contribution in [2.45, 2.75) is 11.7 Å². The van der Waals surface area contributed by atoms with Gasteiger partial charge in [-0.3, -0.25) is 9.36 Å². The van der Waals surface area contributed by atoms with Crippen molar-refractivity contribution in [2.24, 2.45) is 0 Å². The SMILES string of the molecule is C=CCn1c(SCC(=O)Nc2cc3oc4ccccc4c3cc2OC)nnc1-c1cccs1. The zero-order valence-corrected chi connectivity index (χ0v) is 19.4. The normalized spacial score (nSPS) is 11.2. The molecular formula is C24H20N4O3S2. The van der Waals surface area contributed by atoms with Crippen LogP contribution in [0.25, 0.3) is 32.6 Å². The Morgan fingerprint density at radius 2 is 2.09 bits per heavy atom. The van der Waals surface area contributed by atoms with Crippen LogP contribution in [-0.4, -0.2) is 33.5 Å². The van der Waals surface area contributed by atoms with Crippen LogP contribution in [0.3, 0.4) is 0 Å². The van der Waals surface area contributed by atoms with Gasteiger partial charge >= 0.3 is 0 Å². The predicted octanol–water partition coefficient (Wildman–Crippen LogP) is 5.83. The zero-order chi connectivity index (χ0) is 22.8. The number of para-hydroxylation sites is 1. The van der Waals surface area contributed by atoms with E-state index in [1.807, 2.05) is 52.4 Å². The Labute approximate surface area is 198 Å². The van der Waals surface area contributed by atoms with Crippen LogP contribution in [0.2, 0.25) is 0 Å². The van der Waals surface area contributed by atoms with Gasteiger partial charge in [0.15, 0.2) is 11.0 Å². The molecule has 5 rings (SSSR count). The van der Waals surface area contributed by atoms with Crippen molar-refractivity contribution in [3.05, 3.63) is 66.6 Å². The lowest BCUT2D eigenvalue weighted by atomic mass is 10.1. The van der Waals surface area contributed by atoms with Gasteiger partial charge in [0, 0.05) is 23.4 Å². The summed E-state index contributed by atoms with van der Waals surface area (Å²) >= 11 is 2.92. The van der Waals surface area contributed by atoms with Gasteiger partial charge in [0.1, 0.15) is 16.9 Å². The minimum atomic E-state index is -0.181. The maximum atomic E-state index is 12.8. The summed E-state index contributed by atoms with van der Waals surface area (Å²) in [5.41, 5.74) is 2.03. The van der Waals surface area contributed by atoms with Gasteiger partial charge in [-0.2, -0.15) is 0 Å². The lowest BCUT2D eigenvalue weighted by Gasteiger charge is -2.10. The Morgan fingerprint density at radius 1 is 1.21 bits per heavy atom. The number of carbonyl (C=O) groups is 1. The number of nitrogens with zero attached hydrogens (tertiary/aromatic N) is 3. The second-order valence-electron chi connectivity index (χ2n) is 7.17. The molecule has 166 valence electrons. The van der Waals surface area contributed by atoms with Crippen LogP contribution in [0.15, 0.2) is 76.1 Å². The van der Waals surface area contributed by atoms with E-state index in [2.05, 4.69) is 22.1 Å². The maximum absolute atomic E-state index is 12.8. The van der Waals surface area contributed by atoms with E-state index in [1.54, 1.807) is 30.6 Å². The molecule has 0 atom stereocenters. The van der Waals surface area contributed by atoms with Gasteiger partial charge in [-0.25, -0.2) is 0 Å². The first-order chi connectivity index (χ1) is 16.2. The molecule has 9 heteroatoms. The summed E-state index contributed by atoms with van der Waals surface area (Å²) in [6.07, 6.45) is 1.79. The van der Waals surface area contributed by atoms with Crippen molar-refractivity contribution in [2.75, 3.05) is 18.2 Å². The van der Waals surface area contributed by atoms with E-state index in [0.717, 1.165) is 27.1 Å². The van der Waals surface area contributed by atoms with Crippen LogP contribution in [0, 0.1) is 0 Å². The number of nitrogens with one attached hydrogen (secondary N) is 1. The van der Waals surface area contributed by atoms with Gasteiger partial charge in [-0.05, 0) is 23.6 Å². The molecule has 0 unspecified atom stereocenters. The Kier molecular flexibility index (Phi) is 5.89. The number of thiophene rings is 1. The number of fused-ring (bicyclic) bond motifs is 3. The summed E-state index contributed by atoms with van der Waals surface area (Å²) in [4.78, 5) is 13.8. The van der Waals surface area contributed by atoms with Crippen LogP contribution in [0.1, 0.15) is 0 Å². The van der Waals surface area contributed by atoms with E-state index < -0.39 is 0 Å².